The van der Waals surface area contributed by atoms with Crippen molar-refractivity contribution in [3.63, 3.8) is 0 Å². The van der Waals surface area contributed by atoms with Crippen LogP contribution in [0.15, 0.2) is 45.3 Å². The quantitative estimate of drug-likeness (QED) is 0.434. The fourth-order valence-corrected chi connectivity index (χ4v) is 4.39. The third kappa shape index (κ3) is 4.24. The van der Waals surface area contributed by atoms with Gasteiger partial charge in [-0.3, -0.25) is 14.9 Å². The first kappa shape index (κ1) is 20.4. The zero-order valence-corrected chi connectivity index (χ0v) is 15.9. The van der Waals surface area contributed by atoms with Crippen molar-refractivity contribution in [3.8, 4) is 0 Å². The SMILES string of the molecule is O=C(O)C(Cc1ccccc1)c1c(Br)cc([N+](=O)[O-])c(C(F)(F)F)c1Br. The molecular formula is C16H10Br2F3NO4. The van der Waals surface area contributed by atoms with Crippen LogP contribution in [0.2, 0.25) is 0 Å². The van der Waals surface area contributed by atoms with Gasteiger partial charge in [-0.1, -0.05) is 46.3 Å². The lowest BCUT2D eigenvalue weighted by molar-refractivity contribution is -0.388. The zero-order chi connectivity index (χ0) is 19.6. The maximum atomic E-state index is 13.4. The lowest BCUT2D eigenvalue weighted by atomic mass is 9.90. The van der Waals surface area contributed by atoms with Crippen LogP contribution in [-0.2, 0) is 17.4 Å². The molecule has 0 aromatic heterocycles. The maximum absolute atomic E-state index is 13.4. The zero-order valence-electron chi connectivity index (χ0n) is 12.8. The first-order valence-corrected chi connectivity index (χ1v) is 8.62. The Bertz CT molecular complexity index is 857. The van der Waals surface area contributed by atoms with Crippen molar-refractivity contribution in [3.05, 3.63) is 72.1 Å². The van der Waals surface area contributed by atoms with E-state index in [1.165, 1.54) is 0 Å². The van der Waals surface area contributed by atoms with E-state index >= 15 is 0 Å². The summed E-state index contributed by atoms with van der Waals surface area (Å²) in [7, 11) is 0. The number of hydrogen-bond donors (Lipinski definition) is 1. The highest BCUT2D eigenvalue weighted by molar-refractivity contribution is 9.11. The van der Waals surface area contributed by atoms with E-state index in [-0.39, 0.29) is 16.5 Å². The molecule has 1 atom stereocenters. The van der Waals surface area contributed by atoms with Crippen LogP contribution in [0.5, 0.6) is 0 Å². The van der Waals surface area contributed by atoms with Gasteiger partial charge < -0.3 is 5.11 Å². The summed E-state index contributed by atoms with van der Waals surface area (Å²) in [5.74, 6) is -2.69. The van der Waals surface area contributed by atoms with E-state index in [0.717, 1.165) is 0 Å². The van der Waals surface area contributed by atoms with E-state index in [4.69, 9.17) is 0 Å². The van der Waals surface area contributed by atoms with Gasteiger partial charge in [-0.2, -0.15) is 13.2 Å². The number of nitrogens with zero attached hydrogens (tertiary/aromatic N) is 1. The number of nitro benzene ring substituents is 1. The van der Waals surface area contributed by atoms with Crippen molar-refractivity contribution in [2.75, 3.05) is 0 Å². The van der Waals surface area contributed by atoms with Crippen LogP contribution < -0.4 is 0 Å². The van der Waals surface area contributed by atoms with Crippen LogP contribution in [0.4, 0.5) is 18.9 Å². The molecule has 26 heavy (non-hydrogen) atoms. The van der Waals surface area contributed by atoms with E-state index in [2.05, 4.69) is 31.9 Å². The number of nitro groups is 1. The number of alkyl halides is 3. The van der Waals surface area contributed by atoms with Crippen LogP contribution in [-0.4, -0.2) is 16.0 Å². The van der Waals surface area contributed by atoms with Crippen molar-refractivity contribution in [1.29, 1.82) is 0 Å². The number of aliphatic carboxylic acids is 1. The molecule has 0 aliphatic rings. The molecule has 0 aliphatic heterocycles. The second-order valence-electron chi connectivity index (χ2n) is 5.32. The fourth-order valence-electron chi connectivity index (χ4n) is 2.52. The normalized spacial score (nSPS) is 12.7. The summed E-state index contributed by atoms with van der Waals surface area (Å²) in [6.07, 6.45) is -5.12. The number of rotatable bonds is 5. The minimum absolute atomic E-state index is 0.0809. The third-order valence-electron chi connectivity index (χ3n) is 3.64. The van der Waals surface area contributed by atoms with Gasteiger partial charge in [0.15, 0.2) is 0 Å². The van der Waals surface area contributed by atoms with E-state index in [0.29, 0.717) is 11.6 Å². The molecule has 138 valence electrons. The number of carboxylic acid groups (broad SMARTS) is 1. The smallest absolute Gasteiger partial charge is 0.424 e. The Morgan fingerprint density at radius 1 is 1.23 bits per heavy atom. The monoisotopic (exact) mass is 495 g/mol. The van der Waals surface area contributed by atoms with Crippen LogP contribution in [0.25, 0.3) is 0 Å². The van der Waals surface area contributed by atoms with Gasteiger partial charge in [0, 0.05) is 15.0 Å². The second kappa shape index (κ2) is 7.75. The molecule has 0 fully saturated rings. The van der Waals surface area contributed by atoms with E-state index in [1.54, 1.807) is 30.3 Å². The predicted octanol–water partition coefficient (Wildman–Crippen LogP) is 5.55. The molecule has 1 N–H and O–H groups in total. The summed E-state index contributed by atoms with van der Waals surface area (Å²) in [5, 5.41) is 20.6. The van der Waals surface area contributed by atoms with Crippen LogP contribution in [0.3, 0.4) is 0 Å². The maximum Gasteiger partial charge on any atom is 0.424 e. The summed E-state index contributed by atoms with van der Waals surface area (Å²) in [6, 6.07) is 9.05. The molecule has 0 saturated carbocycles. The van der Waals surface area contributed by atoms with Crippen molar-refractivity contribution >= 4 is 43.5 Å². The van der Waals surface area contributed by atoms with Crippen LogP contribution in [0, 0.1) is 10.1 Å². The molecule has 2 aromatic rings. The third-order valence-corrected chi connectivity index (χ3v) is 5.12. The molecule has 0 saturated heterocycles. The molecule has 0 aliphatic carbocycles. The van der Waals surface area contributed by atoms with Gasteiger partial charge in [0.25, 0.3) is 5.69 Å². The number of halogens is 5. The first-order chi connectivity index (χ1) is 12.0. The Morgan fingerprint density at radius 2 is 1.81 bits per heavy atom. The Hall–Kier alpha value is -1.94. The minimum Gasteiger partial charge on any atom is -0.481 e. The Morgan fingerprint density at radius 3 is 2.27 bits per heavy atom. The summed E-state index contributed by atoms with van der Waals surface area (Å²) in [4.78, 5) is 21.6. The van der Waals surface area contributed by atoms with E-state index in [1.807, 2.05) is 0 Å². The van der Waals surface area contributed by atoms with Gasteiger partial charge >= 0.3 is 12.1 Å². The van der Waals surface area contributed by atoms with Gasteiger partial charge in [0.2, 0.25) is 0 Å². The van der Waals surface area contributed by atoms with Gasteiger partial charge in [0.1, 0.15) is 5.56 Å². The predicted molar refractivity (Wildman–Crippen MR) is 94.0 cm³/mol. The minimum atomic E-state index is -5.04. The molecule has 0 amide bonds. The van der Waals surface area contributed by atoms with E-state index < -0.39 is 38.7 Å². The molecule has 1 unspecified atom stereocenters. The molecule has 0 heterocycles. The van der Waals surface area contributed by atoms with Gasteiger partial charge in [-0.05, 0) is 33.5 Å². The number of carboxylic acids is 1. The summed E-state index contributed by atoms with van der Waals surface area (Å²) < 4.78 is 39.4. The highest BCUT2D eigenvalue weighted by Crippen LogP contribution is 2.47. The van der Waals surface area contributed by atoms with Crippen molar-refractivity contribution in [2.45, 2.75) is 18.5 Å². The number of benzene rings is 2. The van der Waals surface area contributed by atoms with E-state index in [9.17, 15) is 33.2 Å². The largest absolute Gasteiger partial charge is 0.481 e. The molecule has 5 nitrogen and oxygen atoms in total. The fraction of sp³-hybridized carbons (Fsp3) is 0.188. The molecular weight excluding hydrogens is 487 g/mol. The summed E-state index contributed by atoms with van der Waals surface area (Å²) in [6.45, 7) is 0. The molecule has 10 heteroatoms. The summed E-state index contributed by atoms with van der Waals surface area (Å²) >= 11 is 5.74. The van der Waals surface area contributed by atoms with Gasteiger partial charge in [-0.15, -0.1) is 0 Å². The number of hydrogen-bond acceptors (Lipinski definition) is 3. The highest BCUT2D eigenvalue weighted by Gasteiger charge is 2.43. The Balaban J connectivity index is 2.70. The van der Waals surface area contributed by atoms with Crippen LogP contribution >= 0.6 is 31.9 Å². The average Bonchev–Trinajstić information content (AvgIpc) is 2.52. The van der Waals surface area contributed by atoms with Crippen molar-refractivity contribution in [1.82, 2.24) is 0 Å². The highest BCUT2D eigenvalue weighted by atomic mass is 79.9. The topological polar surface area (TPSA) is 80.4 Å². The summed E-state index contributed by atoms with van der Waals surface area (Å²) in [5.41, 5.74) is -2.28. The van der Waals surface area contributed by atoms with Gasteiger partial charge in [-0.25, -0.2) is 0 Å². The van der Waals surface area contributed by atoms with Crippen LogP contribution in [0.1, 0.15) is 22.6 Å². The van der Waals surface area contributed by atoms with Crippen molar-refractivity contribution < 1.29 is 28.0 Å². The van der Waals surface area contributed by atoms with Gasteiger partial charge in [0.05, 0.1) is 10.8 Å². The lowest BCUT2D eigenvalue weighted by Crippen LogP contribution is -2.19. The molecule has 0 spiro atoms. The van der Waals surface area contributed by atoms with Crippen molar-refractivity contribution in [2.24, 2.45) is 0 Å². The lowest BCUT2D eigenvalue weighted by Gasteiger charge is -2.20. The molecule has 2 aromatic carbocycles. The Labute approximate surface area is 162 Å². The number of carbonyl (C=O) groups is 1. The first-order valence-electron chi connectivity index (χ1n) is 7.04. The average molecular weight is 497 g/mol. The molecule has 0 bridgehead atoms. The standard InChI is InChI=1S/C16H10Br2F3NO4/c17-10-7-11(22(25)26)13(16(19,20)21)14(18)12(10)9(15(23)24)6-8-4-2-1-3-5-8/h1-5,7,9H,6H2,(H,23,24). The Kier molecular flexibility index (Phi) is 6.07. The molecule has 0 radical (unpaired) electrons. The molecule has 2 rings (SSSR count). The second-order valence-corrected chi connectivity index (χ2v) is 6.96.